The van der Waals surface area contributed by atoms with Crippen LogP contribution in [0.3, 0.4) is 0 Å². The van der Waals surface area contributed by atoms with Crippen LogP contribution in [0.1, 0.15) is 0 Å². The second-order valence-corrected chi connectivity index (χ2v) is 14.5. The standard InChI is InChI=1S/C50H28N4/c1-2-14-30(15-3-1)47-44-33-18-7-4-13-29(33)25-26-39(44)51-50(52-47)54-41-24-12-22-37-43-34-19-8-5-16-31(34)27-38-36-21-10-11-23-40(36)53(49(38)43)42-28-32-17-6-9-20-35(32)48(54)46(42)45(37)41/h1-28H. The predicted octanol–water partition coefficient (Wildman–Crippen LogP) is 13.0. The van der Waals surface area contributed by atoms with Gasteiger partial charge in [-0.25, -0.2) is 9.97 Å². The SMILES string of the molecule is c1ccc(-c2nc(-n3c4cccc5c4c4c3c3ccccc3cc4n3c4ccccc4c4cc6ccccc6c5c43)nc3ccc4ccccc4c23)cc1. The Kier molecular flexibility index (Phi) is 5.34. The second-order valence-electron chi connectivity index (χ2n) is 14.5. The summed E-state index contributed by atoms with van der Waals surface area (Å²) in [7, 11) is 0. The van der Waals surface area contributed by atoms with E-state index in [9.17, 15) is 0 Å². The molecule has 0 bridgehead atoms. The van der Waals surface area contributed by atoms with Crippen molar-refractivity contribution < 1.29 is 0 Å². The molecule has 0 aliphatic heterocycles. The van der Waals surface area contributed by atoms with Crippen LogP contribution in [0, 0.1) is 0 Å². The number of hydrogen-bond acceptors (Lipinski definition) is 2. The van der Waals surface area contributed by atoms with Crippen molar-refractivity contribution in [2.75, 3.05) is 0 Å². The summed E-state index contributed by atoms with van der Waals surface area (Å²) in [4.78, 5) is 11.1. The molecule has 4 heterocycles. The predicted molar refractivity (Wildman–Crippen MR) is 226 cm³/mol. The summed E-state index contributed by atoms with van der Waals surface area (Å²) >= 11 is 0. The lowest BCUT2D eigenvalue weighted by Crippen LogP contribution is -2.04. The Morgan fingerprint density at radius 1 is 0.352 bits per heavy atom. The van der Waals surface area contributed by atoms with Crippen LogP contribution in [0.25, 0.3) is 120 Å². The molecule has 0 radical (unpaired) electrons. The zero-order valence-corrected chi connectivity index (χ0v) is 29.0. The number of hydrogen-bond donors (Lipinski definition) is 0. The summed E-state index contributed by atoms with van der Waals surface area (Å²) in [6.45, 7) is 0. The van der Waals surface area contributed by atoms with Crippen molar-refractivity contribution in [1.82, 2.24) is 18.9 Å². The van der Waals surface area contributed by atoms with Crippen LogP contribution < -0.4 is 0 Å². The Hall–Kier alpha value is -7.30. The van der Waals surface area contributed by atoms with Gasteiger partial charge in [-0.2, -0.15) is 0 Å². The Labute approximate surface area is 308 Å². The van der Waals surface area contributed by atoms with Crippen molar-refractivity contribution in [3.8, 4) is 17.2 Å². The average Bonchev–Trinajstić information content (AvgIpc) is 3.72. The van der Waals surface area contributed by atoms with Crippen LogP contribution in [0.5, 0.6) is 0 Å². The molecule has 0 unspecified atom stereocenters. The van der Waals surface area contributed by atoms with E-state index >= 15 is 0 Å². The van der Waals surface area contributed by atoms with Gasteiger partial charge in [0.15, 0.2) is 0 Å². The van der Waals surface area contributed by atoms with Crippen molar-refractivity contribution in [2.45, 2.75) is 0 Å². The Balaban J connectivity index is 1.33. The highest BCUT2D eigenvalue weighted by Crippen LogP contribution is 2.48. The van der Waals surface area contributed by atoms with E-state index in [-0.39, 0.29) is 0 Å². The van der Waals surface area contributed by atoms with Gasteiger partial charge in [-0.1, -0.05) is 140 Å². The molecule has 0 saturated carbocycles. The van der Waals surface area contributed by atoms with Gasteiger partial charge in [0.2, 0.25) is 5.95 Å². The zero-order valence-electron chi connectivity index (χ0n) is 29.0. The van der Waals surface area contributed by atoms with Crippen molar-refractivity contribution in [2.24, 2.45) is 0 Å². The lowest BCUT2D eigenvalue weighted by atomic mass is 9.97. The molecule has 13 rings (SSSR count). The van der Waals surface area contributed by atoms with Gasteiger partial charge in [0.25, 0.3) is 0 Å². The minimum Gasteiger partial charge on any atom is -0.308 e. The Bertz CT molecular complexity index is 3720. The second kappa shape index (κ2) is 10.2. The summed E-state index contributed by atoms with van der Waals surface area (Å²) in [6.07, 6.45) is 0. The van der Waals surface area contributed by atoms with Crippen LogP contribution in [0.2, 0.25) is 0 Å². The third kappa shape index (κ3) is 3.52. The number of benzene rings is 9. The highest BCUT2D eigenvalue weighted by Gasteiger charge is 2.26. The van der Waals surface area contributed by atoms with Gasteiger partial charge in [0.05, 0.1) is 38.8 Å². The fourth-order valence-electron chi connectivity index (χ4n) is 9.60. The summed E-state index contributed by atoms with van der Waals surface area (Å²) < 4.78 is 4.88. The lowest BCUT2D eigenvalue weighted by molar-refractivity contribution is 1.02. The molecule has 0 aliphatic rings. The van der Waals surface area contributed by atoms with E-state index in [1.807, 2.05) is 0 Å². The molecule has 54 heavy (non-hydrogen) atoms. The van der Waals surface area contributed by atoms with Crippen LogP contribution in [0.4, 0.5) is 0 Å². The van der Waals surface area contributed by atoms with Gasteiger partial charge in [-0.05, 0) is 62.6 Å². The summed E-state index contributed by atoms with van der Waals surface area (Å²) in [5, 5.41) is 15.7. The molecule has 0 spiro atoms. The van der Waals surface area contributed by atoms with Gasteiger partial charge >= 0.3 is 0 Å². The van der Waals surface area contributed by atoms with Crippen molar-refractivity contribution >= 4 is 103 Å². The smallest absolute Gasteiger partial charge is 0.235 e. The Morgan fingerprint density at radius 3 is 1.83 bits per heavy atom. The molecule has 0 fully saturated rings. The molecule has 4 nitrogen and oxygen atoms in total. The highest BCUT2D eigenvalue weighted by molar-refractivity contribution is 6.37. The van der Waals surface area contributed by atoms with Gasteiger partial charge in [-0.15, -0.1) is 0 Å². The maximum atomic E-state index is 5.59. The van der Waals surface area contributed by atoms with Crippen molar-refractivity contribution in [3.05, 3.63) is 170 Å². The fourth-order valence-corrected chi connectivity index (χ4v) is 9.60. The quantitative estimate of drug-likeness (QED) is 0.170. The molecule has 9 aromatic carbocycles. The van der Waals surface area contributed by atoms with E-state index in [1.165, 1.54) is 75.8 Å². The third-order valence-electron chi connectivity index (χ3n) is 11.8. The summed E-state index contributed by atoms with van der Waals surface area (Å²) in [5.41, 5.74) is 8.76. The maximum absolute atomic E-state index is 5.59. The van der Waals surface area contributed by atoms with E-state index in [0.29, 0.717) is 5.95 Å². The van der Waals surface area contributed by atoms with Gasteiger partial charge < -0.3 is 4.40 Å². The summed E-state index contributed by atoms with van der Waals surface area (Å²) in [5.74, 6) is 0.664. The van der Waals surface area contributed by atoms with Crippen molar-refractivity contribution in [1.29, 1.82) is 0 Å². The van der Waals surface area contributed by atoms with Gasteiger partial charge in [-0.3, -0.25) is 4.57 Å². The van der Waals surface area contributed by atoms with Crippen LogP contribution in [-0.2, 0) is 0 Å². The van der Waals surface area contributed by atoms with E-state index in [2.05, 4.69) is 179 Å². The van der Waals surface area contributed by atoms with Crippen LogP contribution in [0.15, 0.2) is 170 Å². The first-order valence-electron chi connectivity index (χ1n) is 18.5. The molecule has 0 amide bonds. The lowest BCUT2D eigenvalue weighted by Gasteiger charge is -2.14. The molecule has 4 aromatic heterocycles. The maximum Gasteiger partial charge on any atom is 0.235 e. The first-order chi connectivity index (χ1) is 26.8. The minimum absolute atomic E-state index is 0.664. The molecular formula is C50H28N4. The molecule has 0 aliphatic carbocycles. The average molecular weight is 685 g/mol. The Morgan fingerprint density at radius 2 is 1.00 bits per heavy atom. The first kappa shape index (κ1) is 28.3. The molecule has 0 saturated heterocycles. The van der Waals surface area contributed by atoms with E-state index in [0.717, 1.165) is 38.6 Å². The topological polar surface area (TPSA) is 35.1 Å². The third-order valence-corrected chi connectivity index (χ3v) is 11.8. The van der Waals surface area contributed by atoms with Gasteiger partial charge in [0.1, 0.15) is 0 Å². The molecule has 0 atom stereocenters. The highest BCUT2D eigenvalue weighted by atomic mass is 15.2. The number of rotatable bonds is 2. The molecule has 248 valence electrons. The fraction of sp³-hybridized carbons (Fsp3) is 0. The van der Waals surface area contributed by atoms with E-state index in [4.69, 9.17) is 9.97 Å². The van der Waals surface area contributed by atoms with Crippen LogP contribution in [-0.4, -0.2) is 18.9 Å². The van der Waals surface area contributed by atoms with E-state index < -0.39 is 0 Å². The molecular weight excluding hydrogens is 657 g/mol. The normalized spacial score (nSPS) is 12.4. The summed E-state index contributed by atoms with van der Waals surface area (Å²) in [6, 6.07) is 61.6. The van der Waals surface area contributed by atoms with Crippen molar-refractivity contribution in [3.63, 3.8) is 0 Å². The largest absolute Gasteiger partial charge is 0.308 e. The van der Waals surface area contributed by atoms with Crippen LogP contribution >= 0.6 is 0 Å². The monoisotopic (exact) mass is 684 g/mol. The number of para-hydroxylation sites is 1. The number of nitrogens with zero attached hydrogens (tertiary/aromatic N) is 4. The number of fused-ring (bicyclic) bond motifs is 12. The number of aromatic nitrogens is 4. The zero-order chi connectivity index (χ0) is 35.1. The molecule has 0 N–H and O–H groups in total. The van der Waals surface area contributed by atoms with Gasteiger partial charge in [0, 0.05) is 43.3 Å². The van der Waals surface area contributed by atoms with E-state index in [1.54, 1.807) is 0 Å². The molecule has 13 aromatic rings. The molecule has 4 heteroatoms. The minimum atomic E-state index is 0.664. The first-order valence-corrected chi connectivity index (χ1v) is 18.5.